The molecular weight excluding hydrogens is 456 g/mol. The molecule has 0 radical (unpaired) electrons. The number of fused-ring (bicyclic) bond motifs is 2. The molecule has 6 rings (SSSR count). The molecule has 4 heterocycles. The van der Waals surface area contributed by atoms with Crippen LogP contribution in [0.5, 0.6) is 0 Å². The molecule has 0 spiro atoms. The summed E-state index contributed by atoms with van der Waals surface area (Å²) in [5.74, 6) is -0.385. The number of nitrogens with zero attached hydrogens (tertiary/aromatic N) is 3. The van der Waals surface area contributed by atoms with Crippen molar-refractivity contribution in [1.82, 2.24) is 20.1 Å². The van der Waals surface area contributed by atoms with Crippen molar-refractivity contribution in [2.45, 2.75) is 43.8 Å². The number of pyridine rings is 1. The minimum absolute atomic E-state index is 0.126. The van der Waals surface area contributed by atoms with Gasteiger partial charge < -0.3 is 0 Å². The highest BCUT2D eigenvalue weighted by Gasteiger charge is 2.39. The summed E-state index contributed by atoms with van der Waals surface area (Å²) in [6, 6.07) is 14.9. The lowest BCUT2D eigenvalue weighted by Crippen LogP contribution is -2.51. The van der Waals surface area contributed by atoms with E-state index in [1.54, 1.807) is 0 Å². The van der Waals surface area contributed by atoms with Crippen molar-refractivity contribution in [3.63, 3.8) is 0 Å². The van der Waals surface area contributed by atoms with Gasteiger partial charge in [0, 0.05) is 50.4 Å². The topological polar surface area (TPSA) is 65.5 Å². The quantitative estimate of drug-likeness (QED) is 0.432. The molecule has 2 amide bonds. The maximum absolute atomic E-state index is 12.4. The van der Waals surface area contributed by atoms with E-state index in [1.807, 2.05) is 12.4 Å². The van der Waals surface area contributed by atoms with Gasteiger partial charge in [0.1, 0.15) is 0 Å². The van der Waals surface area contributed by atoms with Gasteiger partial charge in [0.15, 0.2) is 0 Å². The van der Waals surface area contributed by atoms with E-state index >= 15 is 0 Å². The third kappa shape index (κ3) is 4.29. The molecule has 3 aromatic rings. The first-order valence-electron chi connectivity index (χ1n) is 12.2. The Morgan fingerprint density at radius 1 is 1.11 bits per heavy atom. The van der Waals surface area contributed by atoms with Crippen LogP contribution in [-0.2, 0) is 22.7 Å². The lowest BCUT2D eigenvalue weighted by molar-refractivity contribution is -0.137. The lowest BCUT2D eigenvalue weighted by atomic mass is 9.95. The number of imide groups is 1. The average molecular weight is 485 g/mol. The number of hydrogen-bond donors (Lipinski definition) is 2. The minimum atomic E-state index is -0.304. The standard InChI is InChI=1S/C28H28N4O2S/c33-26-7-6-25(27(34)30-26)32-17-21-14-18(4-5-24(21)28(32)35)16-31-12-9-19(10-13-31)22-3-1-2-20-15-29-11-8-23(20)22/h1-5,8-9,11,14-15,25,28,35H,6-7,10,12-13,16-17H2,(H,30,33,34). The van der Waals surface area contributed by atoms with Crippen molar-refractivity contribution in [2.75, 3.05) is 13.1 Å². The van der Waals surface area contributed by atoms with E-state index in [0.29, 0.717) is 19.4 Å². The molecule has 1 aromatic heterocycles. The van der Waals surface area contributed by atoms with Gasteiger partial charge in [-0.25, -0.2) is 0 Å². The first kappa shape index (κ1) is 22.5. The number of rotatable bonds is 4. The summed E-state index contributed by atoms with van der Waals surface area (Å²) in [5.41, 5.74) is 6.39. The molecule has 6 nitrogen and oxygen atoms in total. The van der Waals surface area contributed by atoms with Crippen LogP contribution < -0.4 is 5.32 Å². The number of amides is 2. The maximum atomic E-state index is 12.4. The van der Waals surface area contributed by atoms with E-state index in [4.69, 9.17) is 12.6 Å². The lowest BCUT2D eigenvalue weighted by Gasteiger charge is -2.32. The highest BCUT2D eigenvalue weighted by atomic mass is 32.1. The van der Waals surface area contributed by atoms with Gasteiger partial charge in [-0.3, -0.25) is 29.7 Å². The second-order valence-electron chi connectivity index (χ2n) is 9.66. The molecule has 3 aliphatic heterocycles. The van der Waals surface area contributed by atoms with Crippen LogP contribution in [0.25, 0.3) is 16.3 Å². The summed E-state index contributed by atoms with van der Waals surface area (Å²) in [6.45, 7) is 3.52. The highest BCUT2D eigenvalue weighted by Crippen LogP contribution is 2.39. The molecular formula is C28H28N4O2S. The number of thiol groups is 1. The van der Waals surface area contributed by atoms with Gasteiger partial charge in [-0.1, -0.05) is 42.5 Å². The molecule has 2 unspecified atom stereocenters. The Bertz CT molecular complexity index is 1350. The zero-order chi connectivity index (χ0) is 23.9. The molecule has 3 aliphatic rings. The Balaban J connectivity index is 1.14. The molecule has 0 aliphatic carbocycles. The average Bonchev–Trinajstić information content (AvgIpc) is 3.19. The van der Waals surface area contributed by atoms with E-state index < -0.39 is 0 Å². The third-order valence-electron chi connectivity index (χ3n) is 7.49. The number of piperidine rings is 1. The Labute approximate surface area is 210 Å². The fourth-order valence-electron chi connectivity index (χ4n) is 5.65. The highest BCUT2D eigenvalue weighted by molar-refractivity contribution is 7.80. The fraction of sp³-hybridized carbons (Fsp3) is 0.321. The summed E-state index contributed by atoms with van der Waals surface area (Å²) < 4.78 is 0. The Morgan fingerprint density at radius 3 is 2.86 bits per heavy atom. The zero-order valence-electron chi connectivity index (χ0n) is 19.5. The monoisotopic (exact) mass is 484 g/mol. The summed E-state index contributed by atoms with van der Waals surface area (Å²) in [5, 5.41) is 4.80. The molecule has 35 heavy (non-hydrogen) atoms. The smallest absolute Gasteiger partial charge is 0.243 e. The maximum Gasteiger partial charge on any atom is 0.243 e. The number of carbonyl (C=O) groups is 2. The second kappa shape index (κ2) is 9.22. The largest absolute Gasteiger partial charge is 0.295 e. The summed E-state index contributed by atoms with van der Waals surface area (Å²) in [4.78, 5) is 32.8. The summed E-state index contributed by atoms with van der Waals surface area (Å²) in [7, 11) is 0. The Kier molecular flexibility index (Phi) is 5.92. The van der Waals surface area contributed by atoms with E-state index in [9.17, 15) is 9.59 Å². The van der Waals surface area contributed by atoms with Gasteiger partial charge in [-0.05, 0) is 52.1 Å². The van der Waals surface area contributed by atoms with Crippen LogP contribution in [0.1, 0.15) is 46.9 Å². The van der Waals surface area contributed by atoms with Crippen molar-refractivity contribution in [2.24, 2.45) is 0 Å². The van der Waals surface area contributed by atoms with Crippen molar-refractivity contribution < 1.29 is 9.59 Å². The molecule has 7 heteroatoms. The van der Waals surface area contributed by atoms with Gasteiger partial charge in [-0.2, -0.15) is 12.6 Å². The van der Waals surface area contributed by atoms with Gasteiger partial charge >= 0.3 is 0 Å². The molecule has 2 atom stereocenters. The van der Waals surface area contributed by atoms with Gasteiger partial charge in [0.2, 0.25) is 11.8 Å². The predicted molar refractivity (Wildman–Crippen MR) is 139 cm³/mol. The minimum Gasteiger partial charge on any atom is -0.295 e. The summed E-state index contributed by atoms with van der Waals surface area (Å²) >= 11 is 4.81. The van der Waals surface area contributed by atoms with Crippen molar-refractivity contribution >= 4 is 40.8 Å². The van der Waals surface area contributed by atoms with E-state index in [-0.39, 0.29) is 23.2 Å². The SMILES string of the molecule is O=C1CCC(N2Cc3cc(CN4CC=C(c5cccc6cnccc56)CC4)ccc3C2S)C(=O)N1. The third-order valence-corrected chi connectivity index (χ3v) is 8.06. The summed E-state index contributed by atoms with van der Waals surface area (Å²) in [6.07, 6.45) is 8.12. The number of benzene rings is 2. The molecule has 1 fully saturated rings. The molecule has 0 bridgehead atoms. The van der Waals surface area contributed by atoms with E-state index in [1.165, 1.54) is 33.0 Å². The van der Waals surface area contributed by atoms with Crippen molar-refractivity contribution in [1.29, 1.82) is 0 Å². The normalized spacial score (nSPS) is 23.3. The van der Waals surface area contributed by atoms with Crippen LogP contribution >= 0.6 is 12.6 Å². The fourth-order valence-corrected chi connectivity index (χ4v) is 6.14. The van der Waals surface area contributed by atoms with Crippen molar-refractivity contribution in [3.05, 3.63) is 83.2 Å². The predicted octanol–water partition coefficient (Wildman–Crippen LogP) is 4.07. The van der Waals surface area contributed by atoms with E-state index in [2.05, 4.69) is 68.6 Å². The van der Waals surface area contributed by atoms with Crippen molar-refractivity contribution in [3.8, 4) is 0 Å². The van der Waals surface area contributed by atoms with E-state index in [0.717, 1.165) is 31.6 Å². The number of nitrogens with one attached hydrogen (secondary N) is 1. The van der Waals surface area contributed by atoms with Crippen LogP contribution in [0, 0.1) is 0 Å². The Morgan fingerprint density at radius 2 is 2.03 bits per heavy atom. The van der Waals surface area contributed by atoms with Gasteiger partial charge in [0.05, 0.1) is 11.4 Å². The Hall–Kier alpha value is -3.00. The first-order valence-corrected chi connectivity index (χ1v) is 12.7. The second-order valence-corrected chi connectivity index (χ2v) is 10.2. The number of carbonyl (C=O) groups excluding carboxylic acids is 2. The zero-order valence-corrected chi connectivity index (χ0v) is 20.4. The number of hydrogen-bond acceptors (Lipinski definition) is 6. The van der Waals surface area contributed by atoms with Crippen LogP contribution in [-0.4, -0.2) is 45.7 Å². The molecule has 2 aromatic carbocycles. The molecule has 0 saturated carbocycles. The molecule has 1 N–H and O–H groups in total. The molecule has 178 valence electrons. The molecule has 1 saturated heterocycles. The van der Waals surface area contributed by atoms with Crippen LogP contribution in [0.4, 0.5) is 0 Å². The van der Waals surface area contributed by atoms with Crippen LogP contribution in [0.2, 0.25) is 0 Å². The van der Waals surface area contributed by atoms with Gasteiger partial charge in [0.25, 0.3) is 0 Å². The van der Waals surface area contributed by atoms with Gasteiger partial charge in [-0.15, -0.1) is 0 Å². The van der Waals surface area contributed by atoms with Crippen LogP contribution in [0.15, 0.2) is 60.9 Å². The van der Waals surface area contributed by atoms with Crippen LogP contribution in [0.3, 0.4) is 0 Å². The number of aromatic nitrogens is 1. The first-order chi connectivity index (χ1) is 17.1.